The third-order valence-corrected chi connectivity index (χ3v) is 7.01. The SMILES string of the molecule is Cc1ccc(C)c(CSC2=NCCN2S(=O)(=O)c2ccc(F)cc2)c1. The van der Waals surface area contributed by atoms with Gasteiger partial charge in [-0.25, -0.2) is 17.1 Å². The molecule has 0 N–H and O–H groups in total. The third-order valence-electron chi connectivity index (χ3n) is 4.03. The summed E-state index contributed by atoms with van der Waals surface area (Å²) in [6, 6.07) is 11.1. The predicted molar refractivity (Wildman–Crippen MR) is 99.8 cm³/mol. The van der Waals surface area contributed by atoms with Crippen molar-refractivity contribution < 1.29 is 12.8 Å². The molecule has 0 amide bonds. The van der Waals surface area contributed by atoms with Crippen molar-refractivity contribution in [1.29, 1.82) is 0 Å². The van der Waals surface area contributed by atoms with Gasteiger partial charge in [-0.1, -0.05) is 35.5 Å². The van der Waals surface area contributed by atoms with Gasteiger partial charge in [-0.2, -0.15) is 0 Å². The highest BCUT2D eigenvalue weighted by molar-refractivity contribution is 8.14. The van der Waals surface area contributed by atoms with Crippen LogP contribution in [-0.2, 0) is 15.8 Å². The third kappa shape index (κ3) is 3.88. The minimum Gasteiger partial charge on any atom is -0.260 e. The van der Waals surface area contributed by atoms with Crippen molar-refractivity contribution in [2.75, 3.05) is 13.1 Å². The second kappa shape index (κ2) is 7.17. The van der Waals surface area contributed by atoms with E-state index in [2.05, 4.69) is 23.2 Å². The van der Waals surface area contributed by atoms with Crippen molar-refractivity contribution in [3.05, 3.63) is 65.0 Å². The summed E-state index contributed by atoms with van der Waals surface area (Å²) in [5, 5.41) is 0.491. The second-order valence-electron chi connectivity index (χ2n) is 5.91. The molecule has 132 valence electrons. The van der Waals surface area contributed by atoms with Crippen LogP contribution in [-0.4, -0.2) is 31.0 Å². The number of aryl methyl sites for hydroxylation is 2. The molecule has 0 radical (unpaired) electrons. The topological polar surface area (TPSA) is 49.7 Å². The van der Waals surface area contributed by atoms with E-state index in [4.69, 9.17) is 0 Å². The Morgan fingerprint density at radius 2 is 1.88 bits per heavy atom. The lowest BCUT2D eigenvalue weighted by Gasteiger charge is -2.20. The van der Waals surface area contributed by atoms with Crippen molar-refractivity contribution in [1.82, 2.24) is 4.31 Å². The number of aliphatic imine (C=N–C) groups is 1. The molecule has 1 aliphatic heterocycles. The first-order valence-corrected chi connectivity index (χ1v) is 10.3. The summed E-state index contributed by atoms with van der Waals surface area (Å²) in [5.74, 6) is 0.195. The Morgan fingerprint density at radius 3 is 2.60 bits per heavy atom. The molecule has 0 saturated carbocycles. The van der Waals surface area contributed by atoms with Gasteiger partial charge in [-0.3, -0.25) is 4.99 Å². The second-order valence-corrected chi connectivity index (χ2v) is 8.72. The molecule has 0 fully saturated rings. The van der Waals surface area contributed by atoms with E-state index in [9.17, 15) is 12.8 Å². The van der Waals surface area contributed by atoms with E-state index in [1.165, 1.54) is 44.9 Å². The van der Waals surface area contributed by atoms with Gasteiger partial charge in [-0.15, -0.1) is 0 Å². The lowest BCUT2D eigenvalue weighted by Crippen LogP contribution is -2.32. The van der Waals surface area contributed by atoms with Gasteiger partial charge in [-0.05, 0) is 49.2 Å². The van der Waals surface area contributed by atoms with Crippen LogP contribution in [0.1, 0.15) is 16.7 Å². The lowest BCUT2D eigenvalue weighted by atomic mass is 10.1. The minimum atomic E-state index is -3.71. The molecule has 0 aliphatic carbocycles. The highest BCUT2D eigenvalue weighted by atomic mass is 32.2. The van der Waals surface area contributed by atoms with Crippen LogP contribution in [0.2, 0.25) is 0 Å². The zero-order valence-electron chi connectivity index (χ0n) is 14.1. The maximum atomic E-state index is 13.1. The molecule has 0 aromatic heterocycles. The van der Waals surface area contributed by atoms with E-state index in [1.54, 1.807) is 0 Å². The van der Waals surface area contributed by atoms with E-state index in [0.717, 1.165) is 12.1 Å². The molecule has 3 rings (SSSR count). The number of halogens is 1. The Bertz CT molecular complexity index is 909. The van der Waals surface area contributed by atoms with E-state index < -0.39 is 15.8 Å². The van der Waals surface area contributed by atoms with Crippen molar-refractivity contribution in [3.63, 3.8) is 0 Å². The van der Waals surface area contributed by atoms with Gasteiger partial charge in [0.2, 0.25) is 0 Å². The molecular weight excluding hydrogens is 359 g/mol. The number of thioether (sulfide) groups is 1. The molecule has 0 unspecified atom stereocenters. The summed E-state index contributed by atoms with van der Waals surface area (Å²) in [5.41, 5.74) is 3.51. The average Bonchev–Trinajstić information content (AvgIpc) is 3.05. The summed E-state index contributed by atoms with van der Waals surface area (Å²) in [6.07, 6.45) is 0. The Morgan fingerprint density at radius 1 is 1.16 bits per heavy atom. The standard InChI is InChI=1S/C18H19FN2O2S2/c1-13-3-4-14(2)15(11-13)12-24-18-20-9-10-21(18)25(22,23)17-7-5-16(19)6-8-17/h3-8,11H,9-10,12H2,1-2H3. The Labute approximate surface area is 151 Å². The molecule has 0 atom stereocenters. The normalized spacial score (nSPS) is 14.7. The fourth-order valence-electron chi connectivity index (χ4n) is 2.58. The van der Waals surface area contributed by atoms with Crippen molar-refractivity contribution in [2.24, 2.45) is 4.99 Å². The summed E-state index contributed by atoms with van der Waals surface area (Å²) in [7, 11) is -3.71. The smallest absolute Gasteiger partial charge is 0.260 e. The highest BCUT2D eigenvalue weighted by Gasteiger charge is 2.30. The molecule has 4 nitrogen and oxygen atoms in total. The summed E-state index contributed by atoms with van der Waals surface area (Å²) in [4.78, 5) is 4.43. The molecule has 0 saturated heterocycles. The van der Waals surface area contributed by atoms with Gasteiger partial charge in [0.15, 0.2) is 5.17 Å². The number of nitrogens with zero attached hydrogens (tertiary/aromatic N) is 2. The van der Waals surface area contributed by atoms with Crippen LogP contribution in [0, 0.1) is 19.7 Å². The minimum absolute atomic E-state index is 0.0795. The van der Waals surface area contributed by atoms with Crippen molar-refractivity contribution >= 4 is 27.0 Å². The number of amidine groups is 1. The Hall–Kier alpha value is -1.86. The zero-order valence-corrected chi connectivity index (χ0v) is 15.7. The molecule has 7 heteroatoms. The van der Waals surface area contributed by atoms with E-state index in [0.29, 0.717) is 24.0 Å². The monoisotopic (exact) mass is 378 g/mol. The van der Waals surface area contributed by atoms with Crippen LogP contribution in [0.3, 0.4) is 0 Å². The van der Waals surface area contributed by atoms with Crippen LogP contribution >= 0.6 is 11.8 Å². The number of benzene rings is 2. The summed E-state index contributed by atoms with van der Waals surface area (Å²) in [6.45, 7) is 4.83. The van der Waals surface area contributed by atoms with Gasteiger partial charge in [0.25, 0.3) is 10.0 Å². The van der Waals surface area contributed by atoms with Crippen LogP contribution in [0.4, 0.5) is 4.39 Å². The maximum absolute atomic E-state index is 13.1. The zero-order chi connectivity index (χ0) is 18.0. The van der Waals surface area contributed by atoms with Crippen LogP contribution in [0.5, 0.6) is 0 Å². The largest absolute Gasteiger partial charge is 0.265 e. The van der Waals surface area contributed by atoms with Gasteiger partial charge < -0.3 is 0 Å². The number of hydrogen-bond donors (Lipinski definition) is 0. The molecule has 2 aromatic rings. The predicted octanol–water partition coefficient (Wildman–Crippen LogP) is 3.74. The molecule has 0 bridgehead atoms. The molecular formula is C18H19FN2O2S2. The average molecular weight is 378 g/mol. The molecule has 0 spiro atoms. The first-order chi connectivity index (χ1) is 11.9. The number of sulfonamides is 1. The molecule has 1 heterocycles. The molecule has 1 aliphatic rings. The van der Waals surface area contributed by atoms with Crippen LogP contribution < -0.4 is 0 Å². The van der Waals surface area contributed by atoms with E-state index in [1.807, 2.05) is 13.8 Å². The highest BCUT2D eigenvalue weighted by Crippen LogP contribution is 2.27. The molecule has 2 aromatic carbocycles. The number of rotatable bonds is 4. The number of hydrogen-bond acceptors (Lipinski definition) is 4. The maximum Gasteiger partial charge on any atom is 0.265 e. The Kier molecular flexibility index (Phi) is 5.15. The van der Waals surface area contributed by atoms with Crippen LogP contribution in [0.25, 0.3) is 0 Å². The first-order valence-electron chi connectivity index (χ1n) is 7.89. The lowest BCUT2D eigenvalue weighted by molar-refractivity contribution is 0.539. The van der Waals surface area contributed by atoms with Crippen molar-refractivity contribution in [3.8, 4) is 0 Å². The fraction of sp³-hybridized carbons (Fsp3) is 0.278. The van der Waals surface area contributed by atoms with Crippen LogP contribution in [0.15, 0.2) is 52.4 Å². The van der Waals surface area contributed by atoms with Gasteiger partial charge in [0.05, 0.1) is 18.0 Å². The van der Waals surface area contributed by atoms with Gasteiger partial charge in [0, 0.05) is 5.75 Å². The summed E-state index contributed by atoms with van der Waals surface area (Å²) < 4.78 is 40.0. The van der Waals surface area contributed by atoms with E-state index >= 15 is 0 Å². The quantitative estimate of drug-likeness (QED) is 0.814. The summed E-state index contributed by atoms with van der Waals surface area (Å²) >= 11 is 1.42. The molecule has 25 heavy (non-hydrogen) atoms. The Balaban J connectivity index is 1.78. The van der Waals surface area contributed by atoms with E-state index in [-0.39, 0.29) is 4.90 Å². The van der Waals surface area contributed by atoms with Gasteiger partial charge in [0.1, 0.15) is 5.82 Å². The van der Waals surface area contributed by atoms with Gasteiger partial charge >= 0.3 is 0 Å². The fourth-order valence-corrected chi connectivity index (χ4v) is 5.37. The first kappa shape index (κ1) is 17.9. The van der Waals surface area contributed by atoms with Crippen molar-refractivity contribution in [2.45, 2.75) is 24.5 Å².